The molecule has 164 valence electrons. The number of aryl methyl sites for hydroxylation is 1. The summed E-state index contributed by atoms with van der Waals surface area (Å²) >= 11 is 0. The minimum Gasteiger partial charge on any atom is -0.507 e. The monoisotopic (exact) mass is 434 g/mol. The number of fused-ring (bicyclic) bond motifs is 1. The van der Waals surface area contributed by atoms with Crippen LogP contribution in [0.3, 0.4) is 0 Å². The summed E-state index contributed by atoms with van der Waals surface area (Å²) in [7, 11) is 0. The van der Waals surface area contributed by atoms with Gasteiger partial charge in [-0.2, -0.15) is 9.61 Å². The second kappa shape index (κ2) is 9.34. The summed E-state index contributed by atoms with van der Waals surface area (Å²) in [6.07, 6.45) is 1.72. The third-order valence-electron chi connectivity index (χ3n) is 4.89. The van der Waals surface area contributed by atoms with Crippen molar-refractivity contribution in [3.63, 3.8) is 0 Å². The Morgan fingerprint density at radius 1 is 1.09 bits per heavy atom. The molecule has 0 saturated carbocycles. The molecule has 9 heteroatoms. The molecule has 4 aromatic rings. The normalized spacial score (nSPS) is 10.8. The number of carbonyl (C=O) groups is 1. The average Bonchev–Trinajstić information content (AvgIpc) is 3.16. The van der Waals surface area contributed by atoms with Gasteiger partial charge in [0.25, 0.3) is 0 Å². The molecule has 2 aromatic carbocycles. The van der Waals surface area contributed by atoms with Gasteiger partial charge in [0.05, 0.1) is 11.9 Å². The quantitative estimate of drug-likeness (QED) is 0.334. The van der Waals surface area contributed by atoms with E-state index in [0.29, 0.717) is 41.4 Å². The van der Waals surface area contributed by atoms with Crippen molar-refractivity contribution in [1.29, 1.82) is 0 Å². The largest absolute Gasteiger partial charge is 0.507 e. The van der Waals surface area contributed by atoms with Crippen LogP contribution in [-0.4, -0.2) is 38.8 Å². The lowest BCUT2D eigenvalue weighted by atomic mass is 10.1. The highest BCUT2D eigenvalue weighted by molar-refractivity contribution is 5.74. The Kier molecular flexibility index (Phi) is 6.16. The first kappa shape index (κ1) is 21.1. The van der Waals surface area contributed by atoms with Crippen LogP contribution in [-0.2, 0) is 6.54 Å². The number of para-hydroxylation sites is 1. The molecule has 0 unspecified atom stereocenters. The van der Waals surface area contributed by atoms with Gasteiger partial charge in [0.15, 0.2) is 5.65 Å². The number of halogens is 1. The van der Waals surface area contributed by atoms with Crippen molar-refractivity contribution in [2.75, 3.05) is 18.4 Å². The van der Waals surface area contributed by atoms with E-state index >= 15 is 0 Å². The van der Waals surface area contributed by atoms with Gasteiger partial charge >= 0.3 is 6.03 Å². The van der Waals surface area contributed by atoms with Crippen LogP contribution in [0.15, 0.2) is 60.8 Å². The molecule has 0 aliphatic rings. The molecule has 8 nitrogen and oxygen atoms in total. The van der Waals surface area contributed by atoms with Gasteiger partial charge in [-0.1, -0.05) is 24.3 Å². The molecule has 0 aliphatic carbocycles. The zero-order valence-electron chi connectivity index (χ0n) is 17.5. The lowest BCUT2D eigenvalue weighted by Gasteiger charge is -2.12. The molecular formula is C23H23FN6O2. The molecule has 4 rings (SSSR count). The summed E-state index contributed by atoms with van der Waals surface area (Å²) in [5, 5.41) is 23.3. The van der Waals surface area contributed by atoms with Crippen LogP contribution in [0.4, 0.5) is 15.0 Å². The molecule has 0 fully saturated rings. The van der Waals surface area contributed by atoms with Crippen LogP contribution in [0.5, 0.6) is 5.75 Å². The Morgan fingerprint density at radius 3 is 2.75 bits per heavy atom. The Labute approximate surface area is 184 Å². The number of aromatic hydroxyl groups is 1. The van der Waals surface area contributed by atoms with Crippen LogP contribution in [0.25, 0.3) is 16.9 Å². The number of phenolic OH excluding ortho intramolecular Hbond substituents is 1. The Balaban J connectivity index is 1.39. The second-order valence-corrected chi connectivity index (χ2v) is 7.27. The zero-order chi connectivity index (χ0) is 22.5. The van der Waals surface area contributed by atoms with Gasteiger partial charge in [0.1, 0.15) is 17.4 Å². The summed E-state index contributed by atoms with van der Waals surface area (Å²) in [5.74, 6) is 0.488. The van der Waals surface area contributed by atoms with E-state index in [2.05, 4.69) is 26.0 Å². The van der Waals surface area contributed by atoms with E-state index in [-0.39, 0.29) is 24.1 Å². The predicted octanol–water partition coefficient (Wildman–Crippen LogP) is 3.46. The number of rotatable bonds is 7. The van der Waals surface area contributed by atoms with Gasteiger partial charge < -0.3 is 21.1 Å². The molecular weight excluding hydrogens is 411 g/mol. The number of benzene rings is 2. The van der Waals surface area contributed by atoms with E-state index in [1.54, 1.807) is 47.1 Å². The minimum absolute atomic E-state index is 0.143. The second-order valence-electron chi connectivity index (χ2n) is 7.27. The van der Waals surface area contributed by atoms with Crippen molar-refractivity contribution < 1.29 is 14.3 Å². The predicted molar refractivity (Wildman–Crippen MR) is 120 cm³/mol. The van der Waals surface area contributed by atoms with Gasteiger partial charge in [-0.15, -0.1) is 0 Å². The SMILES string of the molecule is Cc1cnn2c(NCCNC(=O)NCc3cccc(F)c3)cc(-c3ccccc3O)nc12. The van der Waals surface area contributed by atoms with Crippen molar-refractivity contribution in [2.45, 2.75) is 13.5 Å². The van der Waals surface area contributed by atoms with Crippen molar-refractivity contribution in [3.05, 3.63) is 77.7 Å². The summed E-state index contributed by atoms with van der Waals surface area (Å²) in [6, 6.07) is 14.5. The van der Waals surface area contributed by atoms with Gasteiger partial charge in [-0.3, -0.25) is 0 Å². The van der Waals surface area contributed by atoms with E-state index < -0.39 is 0 Å². The van der Waals surface area contributed by atoms with Crippen LogP contribution >= 0.6 is 0 Å². The smallest absolute Gasteiger partial charge is 0.315 e. The fraction of sp³-hybridized carbons (Fsp3) is 0.174. The number of nitrogens with zero attached hydrogens (tertiary/aromatic N) is 3. The van der Waals surface area contributed by atoms with E-state index in [0.717, 1.165) is 5.56 Å². The molecule has 2 heterocycles. The van der Waals surface area contributed by atoms with Crippen molar-refractivity contribution in [1.82, 2.24) is 25.2 Å². The first-order valence-electron chi connectivity index (χ1n) is 10.1. The molecule has 0 spiro atoms. The van der Waals surface area contributed by atoms with Crippen LogP contribution < -0.4 is 16.0 Å². The highest BCUT2D eigenvalue weighted by Gasteiger charge is 2.13. The summed E-state index contributed by atoms with van der Waals surface area (Å²) in [5.41, 5.74) is 3.49. The molecule has 2 amide bonds. The van der Waals surface area contributed by atoms with Gasteiger partial charge in [-0.05, 0) is 36.8 Å². The van der Waals surface area contributed by atoms with Crippen LogP contribution in [0.2, 0.25) is 0 Å². The molecule has 0 aliphatic heterocycles. The maximum atomic E-state index is 13.2. The number of hydrogen-bond acceptors (Lipinski definition) is 5. The number of phenols is 1. The van der Waals surface area contributed by atoms with Crippen LogP contribution in [0, 0.1) is 12.7 Å². The molecule has 0 atom stereocenters. The molecule has 2 aromatic heterocycles. The van der Waals surface area contributed by atoms with Crippen molar-refractivity contribution >= 4 is 17.5 Å². The van der Waals surface area contributed by atoms with Crippen molar-refractivity contribution in [2.24, 2.45) is 0 Å². The average molecular weight is 434 g/mol. The van der Waals surface area contributed by atoms with E-state index in [1.165, 1.54) is 12.1 Å². The van der Waals surface area contributed by atoms with Gasteiger partial charge in [-0.25, -0.2) is 14.2 Å². The minimum atomic E-state index is -0.347. The van der Waals surface area contributed by atoms with E-state index in [1.807, 2.05) is 13.0 Å². The highest BCUT2D eigenvalue weighted by Crippen LogP contribution is 2.29. The third-order valence-corrected chi connectivity index (χ3v) is 4.89. The highest BCUT2D eigenvalue weighted by atomic mass is 19.1. The standard InChI is InChI=1S/C23H23FN6O2/c1-15-13-28-30-21(12-19(29-22(15)30)18-7-2-3-8-20(18)31)25-9-10-26-23(32)27-14-16-5-4-6-17(24)11-16/h2-8,11-13,25,31H,9-10,14H2,1H3,(H2,26,27,32). The molecule has 4 N–H and O–H groups in total. The molecule has 0 saturated heterocycles. The van der Waals surface area contributed by atoms with Gasteiger partial charge in [0, 0.05) is 36.8 Å². The maximum absolute atomic E-state index is 13.2. The Bertz CT molecular complexity index is 1260. The lowest BCUT2D eigenvalue weighted by molar-refractivity contribution is 0.241. The fourth-order valence-electron chi connectivity index (χ4n) is 3.29. The Hall–Kier alpha value is -4.14. The maximum Gasteiger partial charge on any atom is 0.315 e. The number of hydrogen-bond donors (Lipinski definition) is 4. The fourth-order valence-corrected chi connectivity index (χ4v) is 3.29. The number of amides is 2. The number of aromatic nitrogens is 3. The zero-order valence-corrected chi connectivity index (χ0v) is 17.5. The summed E-state index contributed by atoms with van der Waals surface area (Å²) < 4.78 is 14.9. The number of nitrogens with one attached hydrogen (secondary N) is 3. The first-order chi connectivity index (χ1) is 15.5. The molecule has 32 heavy (non-hydrogen) atoms. The Morgan fingerprint density at radius 2 is 1.94 bits per heavy atom. The lowest BCUT2D eigenvalue weighted by Crippen LogP contribution is -2.37. The number of urea groups is 1. The summed E-state index contributed by atoms with van der Waals surface area (Å²) in [6.45, 7) is 2.94. The number of carbonyl (C=O) groups excluding carboxylic acids is 1. The summed E-state index contributed by atoms with van der Waals surface area (Å²) in [4.78, 5) is 16.6. The van der Waals surface area contributed by atoms with Gasteiger partial charge in [0.2, 0.25) is 0 Å². The van der Waals surface area contributed by atoms with E-state index in [9.17, 15) is 14.3 Å². The number of anilines is 1. The third kappa shape index (κ3) is 4.77. The first-order valence-corrected chi connectivity index (χ1v) is 10.1. The molecule has 0 bridgehead atoms. The van der Waals surface area contributed by atoms with E-state index in [4.69, 9.17) is 0 Å². The van der Waals surface area contributed by atoms with Crippen LogP contribution in [0.1, 0.15) is 11.1 Å². The molecule has 0 radical (unpaired) electrons. The van der Waals surface area contributed by atoms with Crippen molar-refractivity contribution in [3.8, 4) is 17.0 Å². The topological polar surface area (TPSA) is 104 Å².